The van der Waals surface area contributed by atoms with Crippen LogP contribution in [0.3, 0.4) is 0 Å². The van der Waals surface area contributed by atoms with E-state index in [0.717, 1.165) is 19.7 Å². The predicted octanol–water partition coefficient (Wildman–Crippen LogP) is 0.871. The van der Waals surface area contributed by atoms with Crippen LogP contribution in [0.5, 0.6) is 0 Å². The van der Waals surface area contributed by atoms with Gasteiger partial charge in [0.05, 0.1) is 19.8 Å². The Labute approximate surface area is 91.2 Å². The van der Waals surface area contributed by atoms with Crippen molar-refractivity contribution >= 4 is 0 Å². The molecule has 1 heterocycles. The third-order valence-electron chi connectivity index (χ3n) is 2.19. The zero-order chi connectivity index (χ0) is 10.9. The van der Waals surface area contributed by atoms with Crippen LogP contribution in [0.4, 0.5) is 0 Å². The number of methoxy groups -OCH3 is 1. The molecule has 0 bridgehead atoms. The van der Waals surface area contributed by atoms with Crippen LogP contribution in [0.1, 0.15) is 5.69 Å². The molecule has 0 atom stereocenters. The molecule has 0 radical (unpaired) electrons. The standard InChI is InChI=1S/C11H20N2O2/c1-12-10-11-4-3-5-13(11)6-7-15-9-8-14-2/h3-5,12H,6-10H2,1-2H3. The first-order valence-electron chi connectivity index (χ1n) is 5.23. The highest BCUT2D eigenvalue weighted by Gasteiger charge is 1.98. The van der Waals surface area contributed by atoms with Crippen molar-refractivity contribution in [1.29, 1.82) is 0 Å². The van der Waals surface area contributed by atoms with Crippen LogP contribution in [0.15, 0.2) is 18.3 Å². The zero-order valence-electron chi connectivity index (χ0n) is 9.53. The lowest BCUT2D eigenvalue weighted by Gasteiger charge is -2.09. The van der Waals surface area contributed by atoms with Gasteiger partial charge in [-0.1, -0.05) is 0 Å². The summed E-state index contributed by atoms with van der Waals surface area (Å²) in [4.78, 5) is 0. The summed E-state index contributed by atoms with van der Waals surface area (Å²) in [6.07, 6.45) is 2.08. The Morgan fingerprint density at radius 1 is 1.33 bits per heavy atom. The first-order chi connectivity index (χ1) is 7.38. The minimum absolute atomic E-state index is 0.662. The molecule has 86 valence electrons. The third-order valence-corrected chi connectivity index (χ3v) is 2.19. The molecule has 1 aromatic rings. The normalized spacial score (nSPS) is 10.8. The molecule has 0 saturated heterocycles. The molecular formula is C11H20N2O2. The Morgan fingerprint density at radius 2 is 2.20 bits per heavy atom. The molecule has 0 aliphatic heterocycles. The van der Waals surface area contributed by atoms with Gasteiger partial charge in [0.1, 0.15) is 0 Å². The fourth-order valence-electron chi connectivity index (χ4n) is 1.42. The highest BCUT2D eigenvalue weighted by molar-refractivity contribution is 5.06. The molecule has 0 amide bonds. The molecule has 0 saturated carbocycles. The predicted molar refractivity (Wildman–Crippen MR) is 59.9 cm³/mol. The van der Waals surface area contributed by atoms with Crippen LogP contribution >= 0.6 is 0 Å². The fourth-order valence-corrected chi connectivity index (χ4v) is 1.42. The maximum absolute atomic E-state index is 5.41. The minimum Gasteiger partial charge on any atom is -0.382 e. The maximum Gasteiger partial charge on any atom is 0.0701 e. The van der Waals surface area contributed by atoms with E-state index >= 15 is 0 Å². The second-order valence-electron chi connectivity index (χ2n) is 3.33. The van der Waals surface area contributed by atoms with Gasteiger partial charge in [0.2, 0.25) is 0 Å². The van der Waals surface area contributed by atoms with E-state index in [1.54, 1.807) is 7.11 Å². The van der Waals surface area contributed by atoms with Gasteiger partial charge in [0.15, 0.2) is 0 Å². The monoisotopic (exact) mass is 212 g/mol. The van der Waals surface area contributed by atoms with Gasteiger partial charge in [0.25, 0.3) is 0 Å². The summed E-state index contributed by atoms with van der Waals surface area (Å²) in [5.41, 5.74) is 1.29. The molecule has 0 aliphatic rings. The van der Waals surface area contributed by atoms with E-state index in [-0.39, 0.29) is 0 Å². The van der Waals surface area contributed by atoms with Gasteiger partial charge in [-0.25, -0.2) is 0 Å². The van der Waals surface area contributed by atoms with Crippen molar-refractivity contribution in [2.75, 3.05) is 34.0 Å². The Morgan fingerprint density at radius 3 is 2.93 bits per heavy atom. The van der Waals surface area contributed by atoms with Crippen LogP contribution in [0, 0.1) is 0 Å². The van der Waals surface area contributed by atoms with Crippen LogP contribution < -0.4 is 5.32 Å². The Balaban J connectivity index is 2.21. The number of aromatic nitrogens is 1. The van der Waals surface area contributed by atoms with Crippen molar-refractivity contribution in [3.8, 4) is 0 Å². The fraction of sp³-hybridized carbons (Fsp3) is 0.636. The van der Waals surface area contributed by atoms with E-state index in [9.17, 15) is 0 Å². The summed E-state index contributed by atoms with van der Waals surface area (Å²) < 4.78 is 12.5. The number of hydrogen-bond acceptors (Lipinski definition) is 3. The SMILES string of the molecule is CNCc1cccn1CCOCCOC. The zero-order valence-corrected chi connectivity index (χ0v) is 9.53. The summed E-state index contributed by atoms with van der Waals surface area (Å²) in [7, 11) is 3.63. The molecule has 4 nitrogen and oxygen atoms in total. The number of nitrogens with zero attached hydrogens (tertiary/aromatic N) is 1. The van der Waals surface area contributed by atoms with Crippen LogP contribution in [-0.2, 0) is 22.6 Å². The molecule has 1 rings (SSSR count). The van der Waals surface area contributed by atoms with E-state index in [1.807, 2.05) is 7.05 Å². The van der Waals surface area contributed by atoms with Gasteiger partial charge >= 0.3 is 0 Å². The Hall–Kier alpha value is -0.840. The van der Waals surface area contributed by atoms with Gasteiger partial charge in [-0.3, -0.25) is 0 Å². The van der Waals surface area contributed by atoms with Crippen molar-refractivity contribution in [2.24, 2.45) is 0 Å². The molecule has 4 heteroatoms. The van der Waals surface area contributed by atoms with Gasteiger partial charge in [0, 0.05) is 32.1 Å². The second-order valence-corrected chi connectivity index (χ2v) is 3.33. The van der Waals surface area contributed by atoms with Crippen LogP contribution in [-0.4, -0.2) is 38.5 Å². The van der Waals surface area contributed by atoms with Gasteiger partial charge in [-0.15, -0.1) is 0 Å². The topological polar surface area (TPSA) is 35.4 Å². The summed E-state index contributed by atoms with van der Waals surface area (Å²) >= 11 is 0. The number of rotatable bonds is 8. The van der Waals surface area contributed by atoms with Crippen molar-refractivity contribution < 1.29 is 9.47 Å². The van der Waals surface area contributed by atoms with E-state index in [0.29, 0.717) is 13.2 Å². The van der Waals surface area contributed by atoms with Crippen LogP contribution in [0.2, 0.25) is 0 Å². The average molecular weight is 212 g/mol. The molecule has 0 aromatic carbocycles. The molecule has 0 fully saturated rings. The summed E-state index contributed by atoms with van der Waals surface area (Å²) in [5, 5.41) is 3.14. The Kier molecular flexibility index (Phi) is 6.08. The smallest absolute Gasteiger partial charge is 0.0701 e. The van der Waals surface area contributed by atoms with E-state index in [1.165, 1.54) is 5.69 Å². The molecular weight excluding hydrogens is 192 g/mol. The van der Waals surface area contributed by atoms with Crippen molar-refractivity contribution in [3.05, 3.63) is 24.0 Å². The van der Waals surface area contributed by atoms with E-state index in [4.69, 9.17) is 9.47 Å². The highest BCUT2D eigenvalue weighted by Crippen LogP contribution is 2.01. The second kappa shape index (κ2) is 7.45. The highest BCUT2D eigenvalue weighted by atomic mass is 16.5. The van der Waals surface area contributed by atoms with Crippen molar-refractivity contribution in [1.82, 2.24) is 9.88 Å². The van der Waals surface area contributed by atoms with Crippen molar-refractivity contribution in [3.63, 3.8) is 0 Å². The Bertz CT molecular complexity index is 261. The lowest BCUT2D eigenvalue weighted by atomic mass is 10.4. The molecule has 1 N–H and O–H groups in total. The summed E-state index contributed by atoms with van der Waals surface area (Å²) in [6.45, 7) is 3.85. The molecule has 0 unspecified atom stereocenters. The molecule has 0 spiro atoms. The largest absolute Gasteiger partial charge is 0.382 e. The quantitative estimate of drug-likeness (QED) is 0.649. The third kappa shape index (κ3) is 4.46. The maximum atomic E-state index is 5.41. The first-order valence-corrected chi connectivity index (χ1v) is 5.23. The number of ether oxygens (including phenoxy) is 2. The van der Waals surface area contributed by atoms with Gasteiger partial charge < -0.3 is 19.4 Å². The average Bonchev–Trinajstić information content (AvgIpc) is 2.66. The lowest BCUT2D eigenvalue weighted by Crippen LogP contribution is -2.14. The van der Waals surface area contributed by atoms with E-state index < -0.39 is 0 Å². The summed E-state index contributed by atoms with van der Waals surface area (Å²) in [6, 6.07) is 4.17. The minimum atomic E-state index is 0.662. The summed E-state index contributed by atoms with van der Waals surface area (Å²) in [5.74, 6) is 0. The molecule has 0 aliphatic carbocycles. The van der Waals surface area contributed by atoms with E-state index in [2.05, 4.69) is 28.2 Å². The van der Waals surface area contributed by atoms with Gasteiger partial charge in [-0.2, -0.15) is 0 Å². The lowest BCUT2D eigenvalue weighted by molar-refractivity contribution is 0.0664. The molecule has 15 heavy (non-hydrogen) atoms. The first kappa shape index (κ1) is 12.2. The van der Waals surface area contributed by atoms with Gasteiger partial charge in [-0.05, 0) is 19.2 Å². The molecule has 1 aromatic heterocycles. The number of hydrogen-bond donors (Lipinski definition) is 1. The van der Waals surface area contributed by atoms with Crippen LogP contribution in [0.25, 0.3) is 0 Å². The van der Waals surface area contributed by atoms with Crippen molar-refractivity contribution in [2.45, 2.75) is 13.1 Å². The number of nitrogens with one attached hydrogen (secondary N) is 1.